The standard InChI is InChI=1S/C31H32F4N6O2/c1-5-28-36-15-13-25(39-28)22-8-6-14-37-30(22)43-27-19-21(10-11-24(27)32)38-29(42)23-18-20(31(33,34)35)9-12-26(23)41(4)17-7-16-40(2)3/h6,8-15,18-19H,5,7,16-17H2,1-4H3,(H,38,42). The molecule has 0 aliphatic carbocycles. The van der Waals surface area contributed by atoms with Gasteiger partial charge in [0.2, 0.25) is 5.88 Å². The van der Waals surface area contributed by atoms with Crippen LogP contribution >= 0.6 is 0 Å². The van der Waals surface area contributed by atoms with Gasteiger partial charge in [-0.15, -0.1) is 0 Å². The number of aromatic nitrogens is 3. The molecule has 4 aromatic rings. The summed E-state index contributed by atoms with van der Waals surface area (Å²) in [5.41, 5.74) is 0.359. The van der Waals surface area contributed by atoms with Gasteiger partial charge in [0.25, 0.3) is 5.91 Å². The van der Waals surface area contributed by atoms with Crippen molar-refractivity contribution in [3.8, 4) is 22.9 Å². The van der Waals surface area contributed by atoms with Crippen LogP contribution in [0.5, 0.6) is 11.6 Å². The minimum atomic E-state index is -4.64. The molecule has 8 nitrogen and oxygen atoms in total. The van der Waals surface area contributed by atoms with E-state index < -0.39 is 23.5 Å². The Bertz CT molecular complexity index is 1580. The van der Waals surface area contributed by atoms with Gasteiger partial charge >= 0.3 is 6.18 Å². The van der Waals surface area contributed by atoms with Crippen LogP contribution in [0, 0.1) is 5.82 Å². The normalized spacial score (nSPS) is 11.5. The number of anilines is 2. The third kappa shape index (κ3) is 8.04. The maximum Gasteiger partial charge on any atom is 0.416 e. The van der Waals surface area contributed by atoms with E-state index in [9.17, 15) is 22.4 Å². The van der Waals surface area contributed by atoms with Crippen molar-refractivity contribution in [3.05, 3.63) is 89.8 Å². The number of ether oxygens (including phenoxy) is 1. The van der Waals surface area contributed by atoms with Crippen molar-refractivity contribution in [2.24, 2.45) is 0 Å². The van der Waals surface area contributed by atoms with Gasteiger partial charge in [-0.2, -0.15) is 13.2 Å². The van der Waals surface area contributed by atoms with Crippen LogP contribution in [0.1, 0.15) is 35.1 Å². The van der Waals surface area contributed by atoms with Gasteiger partial charge in [-0.1, -0.05) is 6.92 Å². The third-order valence-corrected chi connectivity index (χ3v) is 6.54. The Morgan fingerprint density at radius 2 is 1.77 bits per heavy atom. The van der Waals surface area contributed by atoms with Crippen LogP contribution in [0.4, 0.5) is 28.9 Å². The smallest absolute Gasteiger partial charge is 0.416 e. The number of hydrogen-bond acceptors (Lipinski definition) is 7. The van der Waals surface area contributed by atoms with E-state index in [2.05, 4.69) is 20.3 Å². The first-order valence-corrected chi connectivity index (χ1v) is 13.6. The quantitative estimate of drug-likeness (QED) is 0.193. The molecule has 0 bridgehead atoms. The van der Waals surface area contributed by atoms with E-state index in [0.717, 1.165) is 31.2 Å². The zero-order valence-corrected chi connectivity index (χ0v) is 24.2. The van der Waals surface area contributed by atoms with Crippen molar-refractivity contribution in [3.63, 3.8) is 0 Å². The van der Waals surface area contributed by atoms with E-state index in [4.69, 9.17) is 4.74 Å². The highest BCUT2D eigenvalue weighted by Gasteiger charge is 2.32. The fourth-order valence-corrected chi connectivity index (χ4v) is 4.32. The summed E-state index contributed by atoms with van der Waals surface area (Å²) in [4.78, 5) is 30.0. The van der Waals surface area contributed by atoms with Gasteiger partial charge in [0, 0.05) is 49.8 Å². The van der Waals surface area contributed by atoms with Gasteiger partial charge in [0.1, 0.15) is 5.82 Å². The number of nitrogens with zero attached hydrogens (tertiary/aromatic N) is 5. The summed E-state index contributed by atoms with van der Waals surface area (Å²) in [6, 6.07) is 11.8. The lowest BCUT2D eigenvalue weighted by atomic mass is 10.1. The molecule has 0 unspecified atom stereocenters. The zero-order valence-electron chi connectivity index (χ0n) is 24.2. The number of hydrogen-bond donors (Lipinski definition) is 1. The van der Waals surface area contributed by atoms with Crippen LogP contribution in [-0.2, 0) is 12.6 Å². The maximum atomic E-state index is 14.9. The van der Waals surface area contributed by atoms with Gasteiger partial charge < -0.3 is 19.9 Å². The van der Waals surface area contributed by atoms with Gasteiger partial charge in [-0.3, -0.25) is 4.79 Å². The van der Waals surface area contributed by atoms with Crippen LogP contribution < -0.4 is 15.0 Å². The highest BCUT2D eigenvalue weighted by Crippen LogP contribution is 2.35. The summed E-state index contributed by atoms with van der Waals surface area (Å²) in [5.74, 6) is -1.07. The molecule has 2 heterocycles. The first-order chi connectivity index (χ1) is 20.5. The molecular formula is C31H32F4N6O2. The first-order valence-electron chi connectivity index (χ1n) is 13.6. The molecule has 0 saturated carbocycles. The van der Waals surface area contributed by atoms with E-state index in [0.29, 0.717) is 35.7 Å². The average molecular weight is 597 g/mol. The third-order valence-electron chi connectivity index (χ3n) is 6.54. The molecule has 0 fully saturated rings. The predicted molar refractivity (Wildman–Crippen MR) is 157 cm³/mol. The molecule has 4 rings (SSSR count). The van der Waals surface area contributed by atoms with Crippen LogP contribution in [0.25, 0.3) is 11.3 Å². The van der Waals surface area contributed by atoms with Crippen molar-refractivity contribution in [1.82, 2.24) is 19.9 Å². The molecule has 12 heteroatoms. The lowest BCUT2D eigenvalue weighted by Gasteiger charge is -2.24. The Hall–Kier alpha value is -4.58. The van der Waals surface area contributed by atoms with E-state index in [-0.39, 0.29) is 22.9 Å². The summed E-state index contributed by atoms with van der Waals surface area (Å²) in [7, 11) is 5.56. The van der Waals surface area contributed by atoms with E-state index in [1.807, 2.05) is 25.9 Å². The topological polar surface area (TPSA) is 83.5 Å². The lowest BCUT2D eigenvalue weighted by Crippen LogP contribution is -2.26. The highest BCUT2D eigenvalue weighted by molar-refractivity contribution is 6.08. The Morgan fingerprint density at radius 3 is 2.49 bits per heavy atom. The second-order valence-corrected chi connectivity index (χ2v) is 10.1. The minimum absolute atomic E-state index is 0.0742. The number of alkyl halides is 3. The van der Waals surface area contributed by atoms with E-state index >= 15 is 0 Å². The highest BCUT2D eigenvalue weighted by atomic mass is 19.4. The number of benzene rings is 2. The number of halogens is 4. The molecule has 1 N–H and O–H groups in total. The maximum absolute atomic E-state index is 14.9. The van der Waals surface area contributed by atoms with Crippen molar-refractivity contribution >= 4 is 17.3 Å². The average Bonchev–Trinajstić information content (AvgIpc) is 2.98. The van der Waals surface area contributed by atoms with E-state index in [1.54, 1.807) is 36.3 Å². The molecule has 43 heavy (non-hydrogen) atoms. The molecule has 1 amide bonds. The molecule has 0 radical (unpaired) electrons. The van der Waals surface area contributed by atoms with Crippen molar-refractivity contribution in [2.75, 3.05) is 44.4 Å². The van der Waals surface area contributed by atoms with Crippen LogP contribution in [-0.4, -0.2) is 60.0 Å². The number of carbonyl (C=O) groups is 1. The Labute approximate surface area is 247 Å². The van der Waals surface area contributed by atoms with Gasteiger partial charge in [-0.05, 0) is 75.6 Å². The van der Waals surface area contributed by atoms with Crippen LogP contribution in [0.2, 0.25) is 0 Å². The molecule has 0 atom stereocenters. The largest absolute Gasteiger partial charge is 0.435 e. The molecule has 0 aliphatic rings. The lowest BCUT2D eigenvalue weighted by molar-refractivity contribution is -0.137. The summed E-state index contributed by atoms with van der Waals surface area (Å²) in [5, 5.41) is 2.59. The van der Waals surface area contributed by atoms with Crippen molar-refractivity contribution in [1.29, 1.82) is 0 Å². The van der Waals surface area contributed by atoms with Crippen molar-refractivity contribution < 1.29 is 27.1 Å². The number of carbonyl (C=O) groups excluding carboxylic acids is 1. The van der Waals surface area contributed by atoms with Crippen molar-refractivity contribution in [2.45, 2.75) is 25.9 Å². The Kier molecular flexibility index (Phi) is 9.92. The van der Waals surface area contributed by atoms with E-state index in [1.165, 1.54) is 24.4 Å². The fourth-order valence-electron chi connectivity index (χ4n) is 4.32. The molecule has 2 aromatic carbocycles. The number of amides is 1. The fraction of sp³-hybridized carbons (Fsp3) is 0.290. The number of nitrogens with one attached hydrogen (secondary N) is 1. The Balaban J connectivity index is 1.62. The molecule has 0 aliphatic heterocycles. The number of aryl methyl sites for hydroxylation is 1. The summed E-state index contributed by atoms with van der Waals surface area (Å²) in [6.45, 7) is 3.19. The van der Waals surface area contributed by atoms with Gasteiger partial charge in [-0.25, -0.2) is 19.3 Å². The summed E-state index contributed by atoms with van der Waals surface area (Å²) < 4.78 is 61.4. The zero-order chi connectivity index (χ0) is 31.1. The van der Waals surface area contributed by atoms with Gasteiger partial charge in [0.05, 0.1) is 22.4 Å². The second-order valence-electron chi connectivity index (χ2n) is 10.1. The van der Waals surface area contributed by atoms with Crippen LogP contribution in [0.15, 0.2) is 67.0 Å². The van der Waals surface area contributed by atoms with Crippen LogP contribution in [0.3, 0.4) is 0 Å². The van der Waals surface area contributed by atoms with Gasteiger partial charge in [0.15, 0.2) is 11.6 Å². The second kappa shape index (κ2) is 13.6. The predicted octanol–water partition coefficient (Wildman–Crippen LogP) is 6.69. The first kappa shape index (κ1) is 31.4. The summed E-state index contributed by atoms with van der Waals surface area (Å²) in [6.07, 6.45) is -0.213. The molecular weight excluding hydrogens is 564 g/mol. The molecule has 2 aromatic heterocycles. The summed E-state index contributed by atoms with van der Waals surface area (Å²) >= 11 is 0. The molecule has 0 saturated heterocycles. The minimum Gasteiger partial charge on any atom is -0.435 e. The number of pyridine rings is 1. The SMILES string of the molecule is CCc1nccc(-c2cccnc2Oc2cc(NC(=O)c3cc(C(F)(F)F)ccc3N(C)CCCN(C)C)ccc2F)n1. The monoisotopic (exact) mass is 596 g/mol. The number of rotatable bonds is 11. The molecule has 0 spiro atoms. The Morgan fingerprint density at radius 1 is 0.977 bits per heavy atom. The molecule has 226 valence electrons.